The van der Waals surface area contributed by atoms with Crippen molar-refractivity contribution in [3.63, 3.8) is 0 Å². The number of fused-ring (bicyclic) bond motifs is 1. The van der Waals surface area contributed by atoms with Gasteiger partial charge in [0.1, 0.15) is 5.75 Å². The monoisotopic (exact) mass is 378 g/mol. The molecule has 0 unspecified atom stereocenters. The van der Waals surface area contributed by atoms with Crippen LogP contribution < -0.4 is 15.0 Å². The number of hydrogen-bond donors (Lipinski definition) is 1. The van der Waals surface area contributed by atoms with Crippen LogP contribution in [-0.4, -0.2) is 25.5 Å². The van der Waals surface area contributed by atoms with Gasteiger partial charge in [-0.3, -0.25) is 9.59 Å². The van der Waals surface area contributed by atoms with Gasteiger partial charge in [0.25, 0.3) is 11.8 Å². The first-order chi connectivity index (χ1) is 13.2. The fraction of sp³-hybridized carbons (Fsp3) is 0.143. The Morgan fingerprint density at radius 2 is 1.93 bits per heavy atom. The summed E-state index contributed by atoms with van der Waals surface area (Å²) in [6, 6.07) is 16.4. The number of rotatable bonds is 4. The Kier molecular flexibility index (Phi) is 4.64. The van der Waals surface area contributed by atoms with Crippen molar-refractivity contribution in [2.24, 2.45) is 0 Å². The summed E-state index contributed by atoms with van der Waals surface area (Å²) in [7, 11) is 1.60. The first-order valence-corrected chi connectivity index (χ1v) is 9.47. The Hall–Kier alpha value is -3.12. The average Bonchev–Trinajstić information content (AvgIpc) is 3.37. The molecule has 0 fully saturated rings. The van der Waals surface area contributed by atoms with Crippen molar-refractivity contribution < 1.29 is 14.3 Å². The molecule has 136 valence electrons. The predicted octanol–water partition coefficient (Wildman–Crippen LogP) is 4.21. The molecule has 0 saturated carbocycles. The molecular formula is C21H18N2O3S. The zero-order valence-corrected chi connectivity index (χ0v) is 15.6. The molecule has 4 rings (SSSR count). The van der Waals surface area contributed by atoms with Gasteiger partial charge in [0.05, 0.1) is 12.0 Å². The molecule has 3 aromatic rings. The third kappa shape index (κ3) is 3.44. The summed E-state index contributed by atoms with van der Waals surface area (Å²) in [6.07, 6.45) is 0.802. The highest BCUT2D eigenvalue weighted by Gasteiger charge is 2.26. The van der Waals surface area contributed by atoms with Crippen LogP contribution in [-0.2, 0) is 6.42 Å². The van der Waals surface area contributed by atoms with Crippen molar-refractivity contribution in [3.8, 4) is 5.75 Å². The largest absolute Gasteiger partial charge is 0.497 e. The highest BCUT2D eigenvalue weighted by molar-refractivity contribution is 7.12. The molecule has 0 spiro atoms. The van der Waals surface area contributed by atoms with Crippen LogP contribution >= 0.6 is 11.3 Å². The number of carbonyl (C=O) groups is 2. The Morgan fingerprint density at radius 3 is 2.63 bits per heavy atom. The minimum atomic E-state index is -0.143. The molecular weight excluding hydrogens is 360 g/mol. The van der Waals surface area contributed by atoms with Crippen LogP contribution in [0.25, 0.3) is 0 Å². The lowest BCUT2D eigenvalue weighted by molar-refractivity contribution is 0.0988. The van der Waals surface area contributed by atoms with Crippen LogP contribution in [0.15, 0.2) is 60.0 Å². The Morgan fingerprint density at radius 1 is 1.11 bits per heavy atom. The number of benzene rings is 2. The van der Waals surface area contributed by atoms with Crippen LogP contribution in [0.4, 0.5) is 11.4 Å². The number of anilines is 2. The van der Waals surface area contributed by atoms with Gasteiger partial charge in [0.2, 0.25) is 0 Å². The van der Waals surface area contributed by atoms with E-state index >= 15 is 0 Å². The van der Waals surface area contributed by atoms with Crippen LogP contribution in [0.5, 0.6) is 5.75 Å². The first kappa shape index (κ1) is 17.3. The molecule has 1 aromatic heterocycles. The van der Waals surface area contributed by atoms with Gasteiger partial charge in [0.15, 0.2) is 0 Å². The molecule has 2 aromatic carbocycles. The third-order valence-electron chi connectivity index (χ3n) is 4.57. The molecule has 27 heavy (non-hydrogen) atoms. The van der Waals surface area contributed by atoms with Gasteiger partial charge in [-0.1, -0.05) is 12.1 Å². The maximum atomic E-state index is 12.9. The predicted molar refractivity (Wildman–Crippen MR) is 107 cm³/mol. The number of methoxy groups -OCH3 is 1. The van der Waals surface area contributed by atoms with Crippen molar-refractivity contribution in [3.05, 3.63) is 76.0 Å². The molecule has 2 heterocycles. The molecule has 0 radical (unpaired) electrons. The van der Waals surface area contributed by atoms with E-state index < -0.39 is 0 Å². The zero-order chi connectivity index (χ0) is 18.8. The normalized spacial score (nSPS) is 12.6. The highest BCUT2D eigenvalue weighted by atomic mass is 32.1. The van der Waals surface area contributed by atoms with Gasteiger partial charge < -0.3 is 15.0 Å². The summed E-state index contributed by atoms with van der Waals surface area (Å²) < 4.78 is 5.15. The van der Waals surface area contributed by atoms with E-state index in [1.54, 1.807) is 42.3 Å². The van der Waals surface area contributed by atoms with E-state index in [-0.39, 0.29) is 11.8 Å². The van der Waals surface area contributed by atoms with Gasteiger partial charge in [-0.15, -0.1) is 11.3 Å². The Bertz CT molecular complexity index is 981. The SMILES string of the molecule is COc1ccc(C(=O)N2CCc3ccc(NC(=O)c4cccs4)cc32)cc1. The number of thiophene rings is 1. The zero-order valence-electron chi connectivity index (χ0n) is 14.8. The second kappa shape index (κ2) is 7.25. The van der Waals surface area contributed by atoms with Gasteiger partial charge in [-0.05, 0) is 59.8 Å². The quantitative estimate of drug-likeness (QED) is 0.740. The molecule has 1 N–H and O–H groups in total. The maximum Gasteiger partial charge on any atom is 0.265 e. The minimum absolute atomic E-state index is 0.0573. The number of hydrogen-bond acceptors (Lipinski definition) is 4. The average molecular weight is 378 g/mol. The highest BCUT2D eigenvalue weighted by Crippen LogP contribution is 2.32. The lowest BCUT2D eigenvalue weighted by atomic mass is 10.1. The molecule has 1 aliphatic heterocycles. The van der Waals surface area contributed by atoms with E-state index in [9.17, 15) is 9.59 Å². The number of carbonyl (C=O) groups excluding carboxylic acids is 2. The second-order valence-electron chi connectivity index (χ2n) is 6.21. The molecule has 6 heteroatoms. The summed E-state index contributed by atoms with van der Waals surface area (Å²) in [4.78, 5) is 27.6. The molecule has 1 aliphatic rings. The molecule has 0 atom stereocenters. The topological polar surface area (TPSA) is 58.6 Å². The molecule has 0 saturated heterocycles. The van der Waals surface area contributed by atoms with Crippen molar-refractivity contribution in [1.82, 2.24) is 0 Å². The summed E-state index contributed by atoms with van der Waals surface area (Å²) >= 11 is 1.39. The van der Waals surface area contributed by atoms with E-state index in [0.29, 0.717) is 28.4 Å². The summed E-state index contributed by atoms with van der Waals surface area (Å²) in [5.74, 6) is 0.515. The van der Waals surface area contributed by atoms with Crippen molar-refractivity contribution >= 4 is 34.5 Å². The second-order valence-corrected chi connectivity index (χ2v) is 7.16. The van der Waals surface area contributed by atoms with Crippen molar-refractivity contribution in [1.29, 1.82) is 0 Å². The lowest BCUT2D eigenvalue weighted by Gasteiger charge is -2.18. The van der Waals surface area contributed by atoms with Crippen molar-refractivity contribution in [2.45, 2.75) is 6.42 Å². The van der Waals surface area contributed by atoms with Gasteiger partial charge in [-0.25, -0.2) is 0 Å². The van der Waals surface area contributed by atoms with E-state index in [4.69, 9.17) is 4.74 Å². The van der Waals surface area contributed by atoms with Crippen LogP contribution in [0.2, 0.25) is 0 Å². The van der Waals surface area contributed by atoms with Crippen LogP contribution in [0.3, 0.4) is 0 Å². The minimum Gasteiger partial charge on any atom is -0.497 e. The number of nitrogens with one attached hydrogen (secondary N) is 1. The number of nitrogens with zero attached hydrogens (tertiary/aromatic N) is 1. The number of ether oxygens (including phenoxy) is 1. The van der Waals surface area contributed by atoms with E-state index in [0.717, 1.165) is 17.7 Å². The van der Waals surface area contributed by atoms with Crippen LogP contribution in [0.1, 0.15) is 25.6 Å². The molecule has 2 amide bonds. The first-order valence-electron chi connectivity index (χ1n) is 8.59. The van der Waals surface area contributed by atoms with Gasteiger partial charge in [0, 0.05) is 23.5 Å². The standard InChI is InChI=1S/C21H18N2O3S/c1-26-17-8-5-15(6-9-17)21(25)23-11-10-14-4-7-16(13-18(14)23)22-20(24)19-3-2-12-27-19/h2-9,12-13H,10-11H2,1H3,(H,22,24). The fourth-order valence-electron chi connectivity index (χ4n) is 3.16. The molecule has 0 bridgehead atoms. The van der Waals surface area contributed by atoms with E-state index in [2.05, 4.69) is 5.32 Å². The van der Waals surface area contributed by atoms with E-state index in [1.807, 2.05) is 29.6 Å². The third-order valence-corrected chi connectivity index (χ3v) is 5.43. The smallest absolute Gasteiger partial charge is 0.265 e. The van der Waals surface area contributed by atoms with E-state index in [1.165, 1.54) is 11.3 Å². The van der Waals surface area contributed by atoms with Gasteiger partial charge in [-0.2, -0.15) is 0 Å². The Balaban J connectivity index is 1.56. The van der Waals surface area contributed by atoms with Crippen LogP contribution in [0, 0.1) is 0 Å². The Labute approximate surface area is 161 Å². The lowest BCUT2D eigenvalue weighted by Crippen LogP contribution is -2.28. The summed E-state index contributed by atoms with van der Waals surface area (Å²) in [5.41, 5.74) is 3.24. The summed E-state index contributed by atoms with van der Waals surface area (Å²) in [5, 5.41) is 4.77. The number of amides is 2. The summed E-state index contributed by atoms with van der Waals surface area (Å²) in [6.45, 7) is 0.628. The van der Waals surface area contributed by atoms with Crippen molar-refractivity contribution in [2.75, 3.05) is 23.9 Å². The van der Waals surface area contributed by atoms with Gasteiger partial charge >= 0.3 is 0 Å². The molecule has 5 nitrogen and oxygen atoms in total. The fourth-order valence-corrected chi connectivity index (χ4v) is 3.78. The maximum absolute atomic E-state index is 12.9. The molecule has 0 aliphatic carbocycles.